The van der Waals surface area contributed by atoms with E-state index in [1.807, 2.05) is 0 Å². The maximum Gasteiger partial charge on any atom is 0.313 e. The average molecular weight is 342 g/mol. The third kappa shape index (κ3) is 4.92. The fourth-order valence-electron chi connectivity index (χ4n) is 2.26. The van der Waals surface area contributed by atoms with Crippen LogP contribution in [-0.2, 0) is 14.4 Å². The first-order chi connectivity index (χ1) is 11.0. The first-order valence-corrected chi connectivity index (χ1v) is 7.67. The van der Waals surface area contributed by atoms with Gasteiger partial charge in [-0.2, -0.15) is 0 Å². The molecule has 0 aromatic heterocycles. The van der Waals surface area contributed by atoms with Crippen LogP contribution in [0.2, 0.25) is 5.02 Å². The predicted octanol–water partition coefficient (Wildman–Crippen LogP) is 1.45. The van der Waals surface area contributed by atoms with Gasteiger partial charge in [-0.15, -0.1) is 0 Å². The monoisotopic (exact) mass is 341 g/mol. The van der Waals surface area contributed by atoms with E-state index in [4.69, 9.17) is 11.6 Å². The molecule has 1 saturated heterocycles. The van der Waals surface area contributed by atoms with Gasteiger partial charge < -0.3 is 16.0 Å². The second-order valence-electron chi connectivity index (χ2n) is 5.28. The van der Waals surface area contributed by atoms with E-state index in [0.717, 1.165) is 18.9 Å². The fraction of sp³-hybridized carbons (Fsp3) is 0.400. The van der Waals surface area contributed by atoms with Gasteiger partial charge in [-0.05, 0) is 31.0 Å². The Hall–Kier alpha value is -2.15. The van der Waals surface area contributed by atoms with Crippen LogP contribution in [0.15, 0.2) is 18.2 Å². The van der Waals surface area contributed by atoms with Gasteiger partial charge in [-0.1, -0.05) is 18.0 Å². The van der Waals surface area contributed by atoms with E-state index in [2.05, 4.69) is 16.0 Å². The molecular formula is C15H17ClFN3O3. The van der Waals surface area contributed by atoms with Crippen LogP contribution in [-0.4, -0.2) is 30.8 Å². The highest BCUT2D eigenvalue weighted by Gasteiger charge is 2.22. The van der Waals surface area contributed by atoms with Gasteiger partial charge in [0.15, 0.2) is 0 Å². The molecule has 1 aromatic rings. The predicted molar refractivity (Wildman–Crippen MR) is 83.4 cm³/mol. The van der Waals surface area contributed by atoms with Gasteiger partial charge in [-0.25, -0.2) is 4.39 Å². The van der Waals surface area contributed by atoms with Crippen molar-refractivity contribution in [3.05, 3.63) is 29.0 Å². The molecule has 8 heteroatoms. The first-order valence-electron chi connectivity index (χ1n) is 7.29. The van der Waals surface area contributed by atoms with Crippen LogP contribution in [0.3, 0.4) is 0 Å². The molecule has 2 rings (SSSR count). The summed E-state index contributed by atoms with van der Waals surface area (Å²) < 4.78 is 13.3. The lowest BCUT2D eigenvalue weighted by Gasteiger charge is -2.13. The summed E-state index contributed by atoms with van der Waals surface area (Å²) in [7, 11) is 0. The quantitative estimate of drug-likeness (QED) is 0.727. The first kappa shape index (κ1) is 17.2. The molecule has 1 unspecified atom stereocenters. The SMILES string of the molecule is O=C(NCC1CCCCNC1=O)C(=O)Nc1ccc(Cl)c(F)c1. The summed E-state index contributed by atoms with van der Waals surface area (Å²) in [6, 6.07) is 3.68. The smallest absolute Gasteiger partial charge is 0.313 e. The van der Waals surface area contributed by atoms with Gasteiger partial charge in [-0.3, -0.25) is 14.4 Å². The standard InChI is InChI=1S/C15H17ClFN3O3/c16-11-5-4-10(7-12(11)17)20-15(23)14(22)19-8-9-3-1-2-6-18-13(9)21/h4-5,7,9H,1-3,6,8H2,(H,18,21)(H,19,22)(H,20,23). The number of rotatable bonds is 3. The largest absolute Gasteiger partial charge is 0.356 e. The highest BCUT2D eigenvalue weighted by atomic mass is 35.5. The van der Waals surface area contributed by atoms with Crippen LogP contribution in [0.4, 0.5) is 10.1 Å². The van der Waals surface area contributed by atoms with Crippen molar-refractivity contribution in [3.63, 3.8) is 0 Å². The lowest BCUT2D eigenvalue weighted by atomic mass is 10.0. The summed E-state index contributed by atoms with van der Waals surface area (Å²) in [5, 5.41) is 7.37. The summed E-state index contributed by atoms with van der Waals surface area (Å²) >= 11 is 5.54. The molecule has 6 nitrogen and oxygen atoms in total. The van der Waals surface area contributed by atoms with Gasteiger partial charge in [0.2, 0.25) is 5.91 Å². The Morgan fingerprint density at radius 3 is 2.83 bits per heavy atom. The highest BCUT2D eigenvalue weighted by Crippen LogP contribution is 2.18. The topological polar surface area (TPSA) is 87.3 Å². The van der Waals surface area contributed by atoms with Crippen molar-refractivity contribution in [2.24, 2.45) is 5.92 Å². The van der Waals surface area contributed by atoms with E-state index in [0.29, 0.717) is 13.0 Å². The molecule has 1 aliphatic rings. The second-order valence-corrected chi connectivity index (χ2v) is 5.68. The molecule has 1 fully saturated rings. The highest BCUT2D eigenvalue weighted by molar-refractivity contribution is 6.39. The molecule has 3 N–H and O–H groups in total. The van der Waals surface area contributed by atoms with Gasteiger partial charge in [0.25, 0.3) is 0 Å². The van der Waals surface area contributed by atoms with Crippen LogP contribution >= 0.6 is 11.6 Å². The molecule has 0 radical (unpaired) electrons. The number of anilines is 1. The molecule has 3 amide bonds. The van der Waals surface area contributed by atoms with Crippen LogP contribution in [0, 0.1) is 11.7 Å². The summed E-state index contributed by atoms with van der Waals surface area (Å²) in [6.45, 7) is 0.721. The molecule has 1 atom stereocenters. The van der Waals surface area contributed by atoms with Crippen molar-refractivity contribution in [2.75, 3.05) is 18.4 Å². The normalized spacial score (nSPS) is 17.8. The zero-order valence-corrected chi connectivity index (χ0v) is 13.1. The maximum atomic E-state index is 13.3. The Morgan fingerprint density at radius 1 is 1.30 bits per heavy atom. The molecule has 0 saturated carbocycles. The van der Waals surface area contributed by atoms with Crippen molar-refractivity contribution in [1.82, 2.24) is 10.6 Å². The average Bonchev–Trinajstić information content (AvgIpc) is 2.73. The van der Waals surface area contributed by atoms with Crippen LogP contribution in [0.1, 0.15) is 19.3 Å². The number of halogens is 2. The summed E-state index contributed by atoms with van der Waals surface area (Å²) in [4.78, 5) is 35.3. The molecule has 1 aromatic carbocycles. The molecule has 1 aliphatic heterocycles. The molecule has 0 bridgehead atoms. The van der Waals surface area contributed by atoms with E-state index >= 15 is 0 Å². The van der Waals surface area contributed by atoms with Crippen molar-refractivity contribution < 1.29 is 18.8 Å². The molecule has 0 aliphatic carbocycles. The number of hydrogen-bond acceptors (Lipinski definition) is 3. The van der Waals surface area contributed by atoms with Crippen molar-refractivity contribution in [1.29, 1.82) is 0 Å². The minimum Gasteiger partial charge on any atom is -0.356 e. The number of benzene rings is 1. The molecule has 23 heavy (non-hydrogen) atoms. The van der Waals surface area contributed by atoms with Gasteiger partial charge >= 0.3 is 11.8 Å². The Morgan fingerprint density at radius 2 is 2.09 bits per heavy atom. The Kier molecular flexibility index (Phi) is 5.92. The zero-order chi connectivity index (χ0) is 16.8. The van der Waals surface area contributed by atoms with Crippen molar-refractivity contribution in [3.8, 4) is 0 Å². The van der Waals surface area contributed by atoms with E-state index in [9.17, 15) is 18.8 Å². The molecule has 0 spiro atoms. The van der Waals surface area contributed by atoms with E-state index in [1.54, 1.807) is 0 Å². The Balaban J connectivity index is 1.85. The third-order valence-electron chi connectivity index (χ3n) is 3.54. The maximum absolute atomic E-state index is 13.3. The summed E-state index contributed by atoms with van der Waals surface area (Å²) in [5.41, 5.74) is 0.124. The minimum absolute atomic E-state index is 0.0770. The molecule has 124 valence electrons. The minimum atomic E-state index is -0.930. The molecular weight excluding hydrogens is 325 g/mol. The van der Waals surface area contributed by atoms with Crippen molar-refractivity contribution >= 4 is 35.0 Å². The van der Waals surface area contributed by atoms with E-state index in [1.165, 1.54) is 12.1 Å². The zero-order valence-electron chi connectivity index (χ0n) is 12.3. The summed E-state index contributed by atoms with van der Waals surface area (Å²) in [5.74, 6) is -2.97. The molecule has 1 heterocycles. The Bertz CT molecular complexity index is 624. The van der Waals surface area contributed by atoms with Crippen LogP contribution < -0.4 is 16.0 Å². The van der Waals surface area contributed by atoms with E-state index < -0.39 is 17.6 Å². The van der Waals surface area contributed by atoms with Gasteiger partial charge in [0, 0.05) is 18.8 Å². The van der Waals surface area contributed by atoms with Gasteiger partial charge in [0.1, 0.15) is 5.82 Å². The van der Waals surface area contributed by atoms with E-state index in [-0.39, 0.29) is 29.1 Å². The number of carbonyl (C=O) groups is 3. The summed E-state index contributed by atoms with van der Waals surface area (Å²) in [6.07, 6.45) is 2.45. The second kappa shape index (κ2) is 7.92. The number of nitrogens with one attached hydrogen (secondary N) is 3. The fourth-order valence-corrected chi connectivity index (χ4v) is 2.37. The van der Waals surface area contributed by atoms with Crippen LogP contribution in [0.5, 0.6) is 0 Å². The van der Waals surface area contributed by atoms with Crippen molar-refractivity contribution in [2.45, 2.75) is 19.3 Å². The Labute approximate surface area is 137 Å². The third-order valence-corrected chi connectivity index (χ3v) is 3.85. The van der Waals surface area contributed by atoms with Gasteiger partial charge in [0.05, 0.1) is 10.9 Å². The number of amides is 3. The lowest BCUT2D eigenvalue weighted by molar-refractivity contribution is -0.136. The lowest BCUT2D eigenvalue weighted by Crippen LogP contribution is -2.41. The number of hydrogen-bond donors (Lipinski definition) is 3. The number of carbonyl (C=O) groups excluding carboxylic acids is 3. The van der Waals surface area contributed by atoms with Crippen LogP contribution in [0.25, 0.3) is 0 Å².